The maximum absolute atomic E-state index is 13.7. The second-order valence-corrected chi connectivity index (χ2v) is 6.18. The van der Waals surface area contributed by atoms with Crippen LogP contribution in [0.3, 0.4) is 0 Å². The van der Waals surface area contributed by atoms with Gasteiger partial charge < -0.3 is 9.30 Å². The van der Waals surface area contributed by atoms with Crippen LogP contribution >= 0.6 is 11.8 Å². The zero-order chi connectivity index (χ0) is 17.6. The number of para-hydroxylation sites is 1. The molecule has 130 valence electrons. The average molecular weight is 361 g/mol. The van der Waals surface area contributed by atoms with Crippen LogP contribution in [-0.4, -0.2) is 14.8 Å². The number of halogens is 2. The van der Waals surface area contributed by atoms with Gasteiger partial charge in [0.15, 0.2) is 11.0 Å². The Kier molecular flexibility index (Phi) is 5.65. The molecule has 0 N–H and O–H groups in total. The van der Waals surface area contributed by atoms with Crippen molar-refractivity contribution in [2.45, 2.75) is 31.0 Å². The van der Waals surface area contributed by atoms with Crippen molar-refractivity contribution in [3.8, 4) is 5.75 Å². The second-order valence-electron chi connectivity index (χ2n) is 5.23. The Morgan fingerprint density at radius 2 is 1.72 bits per heavy atom. The largest absolute Gasteiger partial charge is 0.486 e. The molecule has 0 fully saturated rings. The Morgan fingerprint density at radius 1 is 1.00 bits per heavy atom. The number of rotatable bonds is 7. The van der Waals surface area contributed by atoms with E-state index in [4.69, 9.17) is 4.74 Å². The first-order valence-corrected chi connectivity index (χ1v) is 8.83. The van der Waals surface area contributed by atoms with E-state index in [2.05, 4.69) is 10.2 Å². The first kappa shape index (κ1) is 17.4. The molecule has 0 aliphatic heterocycles. The maximum Gasteiger partial charge on any atom is 0.191 e. The predicted molar refractivity (Wildman–Crippen MR) is 92.4 cm³/mol. The number of hydrogen-bond donors (Lipinski definition) is 0. The highest BCUT2D eigenvalue weighted by Gasteiger charge is 2.15. The fourth-order valence-corrected chi connectivity index (χ4v) is 3.36. The third-order valence-electron chi connectivity index (χ3n) is 3.63. The first-order chi connectivity index (χ1) is 12.2. The van der Waals surface area contributed by atoms with Gasteiger partial charge in [-0.1, -0.05) is 36.0 Å². The standard InChI is InChI=1S/C18H17F2N3OS/c1-2-23-17(11-24-13-7-4-3-5-8-13)21-22-18(23)25-12-14-15(19)9-6-10-16(14)20/h3-10H,2,11-12H2,1H3. The van der Waals surface area contributed by atoms with Gasteiger partial charge in [-0.2, -0.15) is 0 Å². The minimum Gasteiger partial charge on any atom is -0.486 e. The molecule has 7 heteroatoms. The quantitative estimate of drug-likeness (QED) is 0.583. The molecule has 3 rings (SSSR count). The van der Waals surface area contributed by atoms with E-state index >= 15 is 0 Å². The highest BCUT2D eigenvalue weighted by atomic mass is 32.2. The normalized spacial score (nSPS) is 10.8. The van der Waals surface area contributed by atoms with Crippen LogP contribution in [0.25, 0.3) is 0 Å². The van der Waals surface area contributed by atoms with E-state index in [1.165, 1.54) is 30.0 Å². The fraction of sp³-hybridized carbons (Fsp3) is 0.222. The SMILES string of the molecule is CCn1c(COc2ccccc2)nnc1SCc1c(F)cccc1F. The lowest BCUT2D eigenvalue weighted by molar-refractivity contribution is 0.288. The van der Waals surface area contributed by atoms with Gasteiger partial charge in [0.25, 0.3) is 0 Å². The minimum absolute atomic E-state index is 0.0419. The van der Waals surface area contributed by atoms with Gasteiger partial charge in [0.05, 0.1) is 0 Å². The third-order valence-corrected chi connectivity index (χ3v) is 4.62. The monoisotopic (exact) mass is 361 g/mol. The Hall–Kier alpha value is -2.41. The molecule has 0 unspecified atom stereocenters. The molecule has 1 heterocycles. The molecule has 1 aromatic heterocycles. The molecule has 3 aromatic rings. The number of benzene rings is 2. The molecule has 0 aliphatic carbocycles. The second kappa shape index (κ2) is 8.11. The van der Waals surface area contributed by atoms with Crippen LogP contribution in [0.5, 0.6) is 5.75 Å². The number of aromatic nitrogens is 3. The molecule has 25 heavy (non-hydrogen) atoms. The van der Waals surface area contributed by atoms with E-state index in [-0.39, 0.29) is 17.9 Å². The van der Waals surface area contributed by atoms with Crippen molar-refractivity contribution in [1.82, 2.24) is 14.8 Å². The van der Waals surface area contributed by atoms with Gasteiger partial charge in [-0.25, -0.2) is 8.78 Å². The van der Waals surface area contributed by atoms with Crippen molar-refractivity contribution in [2.75, 3.05) is 0 Å². The van der Waals surface area contributed by atoms with E-state index in [0.29, 0.717) is 17.5 Å². The smallest absolute Gasteiger partial charge is 0.191 e. The Balaban J connectivity index is 1.69. The molecule has 0 saturated heterocycles. The van der Waals surface area contributed by atoms with E-state index in [1.54, 1.807) is 0 Å². The summed E-state index contributed by atoms with van der Waals surface area (Å²) in [5.41, 5.74) is 0.0419. The van der Waals surface area contributed by atoms with Crippen LogP contribution in [-0.2, 0) is 18.9 Å². The summed E-state index contributed by atoms with van der Waals surface area (Å²) in [6, 6.07) is 13.3. The lowest BCUT2D eigenvalue weighted by Gasteiger charge is -2.09. The molecule has 0 amide bonds. The predicted octanol–water partition coefficient (Wildman–Crippen LogP) is 4.45. The van der Waals surface area contributed by atoms with Crippen molar-refractivity contribution < 1.29 is 13.5 Å². The van der Waals surface area contributed by atoms with Crippen LogP contribution in [0.1, 0.15) is 18.3 Å². The number of hydrogen-bond acceptors (Lipinski definition) is 4. The van der Waals surface area contributed by atoms with Crippen molar-refractivity contribution in [2.24, 2.45) is 0 Å². The van der Waals surface area contributed by atoms with Gasteiger partial charge in [-0.3, -0.25) is 0 Å². The highest BCUT2D eigenvalue weighted by Crippen LogP contribution is 2.25. The van der Waals surface area contributed by atoms with Crippen LogP contribution < -0.4 is 4.74 Å². The molecule has 0 saturated carbocycles. The summed E-state index contributed by atoms with van der Waals surface area (Å²) >= 11 is 1.25. The highest BCUT2D eigenvalue weighted by molar-refractivity contribution is 7.98. The molecule has 0 bridgehead atoms. The summed E-state index contributed by atoms with van der Waals surface area (Å²) in [7, 11) is 0. The number of ether oxygens (including phenoxy) is 1. The van der Waals surface area contributed by atoms with E-state index < -0.39 is 11.6 Å². The molecule has 0 spiro atoms. The zero-order valence-corrected chi connectivity index (χ0v) is 14.5. The van der Waals surface area contributed by atoms with Gasteiger partial charge >= 0.3 is 0 Å². The van der Waals surface area contributed by atoms with E-state index in [0.717, 1.165) is 5.75 Å². The van der Waals surface area contributed by atoms with E-state index in [9.17, 15) is 8.78 Å². The zero-order valence-electron chi connectivity index (χ0n) is 13.7. The molecule has 0 aliphatic rings. The average Bonchev–Trinajstić information content (AvgIpc) is 3.02. The van der Waals surface area contributed by atoms with Gasteiger partial charge in [0.2, 0.25) is 0 Å². The summed E-state index contributed by atoms with van der Waals surface area (Å²) in [6.45, 7) is 2.88. The van der Waals surface area contributed by atoms with Crippen LogP contribution in [0, 0.1) is 11.6 Å². The molecule has 2 aromatic carbocycles. The van der Waals surface area contributed by atoms with Crippen molar-refractivity contribution in [3.63, 3.8) is 0 Å². The Bertz CT molecular complexity index is 819. The molecule has 0 radical (unpaired) electrons. The summed E-state index contributed by atoms with van der Waals surface area (Å²) in [5, 5.41) is 8.87. The minimum atomic E-state index is -0.553. The summed E-state index contributed by atoms with van der Waals surface area (Å²) in [6.07, 6.45) is 0. The van der Waals surface area contributed by atoms with Crippen LogP contribution in [0.2, 0.25) is 0 Å². The lowest BCUT2D eigenvalue weighted by Crippen LogP contribution is -2.07. The Morgan fingerprint density at radius 3 is 2.40 bits per heavy atom. The van der Waals surface area contributed by atoms with Crippen LogP contribution in [0.4, 0.5) is 8.78 Å². The van der Waals surface area contributed by atoms with Gasteiger partial charge in [0.1, 0.15) is 24.0 Å². The summed E-state index contributed by atoms with van der Waals surface area (Å²) in [5.74, 6) is 0.458. The van der Waals surface area contributed by atoms with E-state index in [1.807, 2.05) is 41.8 Å². The van der Waals surface area contributed by atoms with Crippen LogP contribution in [0.15, 0.2) is 53.7 Å². The van der Waals surface area contributed by atoms with Crippen molar-refractivity contribution in [3.05, 3.63) is 71.6 Å². The topological polar surface area (TPSA) is 39.9 Å². The van der Waals surface area contributed by atoms with Crippen molar-refractivity contribution >= 4 is 11.8 Å². The van der Waals surface area contributed by atoms with Gasteiger partial charge in [-0.15, -0.1) is 10.2 Å². The summed E-state index contributed by atoms with van der Waals surface area (Å²) < 4.78 is 35.0. The van der Waals surface area contributed by atoms with Crippen molar-refractivity contribution in [1.29, 1.82) is 0 Å². The van der Waals surface area contributed by atoms with Gasteiger partial charge in [0, 0.05) is 17.9 Å². The molecule has 0 atom stereocenters. The molecular formula is C18H17F2N3OS. The summed E-state index contributed by atoms with van der Waals surface area (Å²) in [4.78, 5) is 0. The number of thioether (sulfide) groups is 1. The number of nitrogens with zero attached hydrogens (tertiary/aromatic N) is 3. The Labute approximate surface area is 148 Å². The first-order valence-electron chi connectivity index (χ1n) is 7.84. The maximum atomic E-state index is 13.7. The van der Waals surface area contributed by atoms with Gasteiger partial charge in [-0.05, 0) is 31.2 Å². The molecular weight excluding hydrogens is 344 g/mol. The fourth-order valence-electron chi connectivity index (χ4n) is 2.32. The lowest BCUT2D eigenvalue weighted by atomic mass is 10.2. The molecule has 4 nitrogen and oxygen atoms in total. The third kappa shape index (κ3) is 4.17.